The van der Waals surface area contributed by atoms with Crippen LogP contribution in [0.3, 0.4) is 0 Å². The lowest BCUT2D eigenvalue weighted by atomic mass is 9.39. The van der Waals surface area contributed by atoms with Crippen LogP contribution in [0.2, 0.25) is 0 Å². The molecule has 0 heterocycles. The fourth-order valence-electron chi connectivity index (χ4n) is 9.73. The molecule has 2 nitrogen and oxygen atoms in total. The zero-order valence-electron chi connectivity index (χ0n) is 23.5. The van der Waals surface area contributed by atoms with Gasteiger partial charge in [0, 0.05) is 11.8 Å². The van der Waals surface area contributed by atoms with Gasteiger partial charge in [-0.05, 0) is 105 Å². The molecule has 0 aliphatic heterocycles. The fraction of sp³-hybridized carbons (Fsp3) is 0.903. The molecule has 0 amide bonds. The van der Waals surface area contributed by atoms with E-state index in [1.165, 1.54) is 25.7 Å². The van der Waals surface area contributed by atoms with Crippen LogP contribution in [0.4, 0.5) is 0 Å². The Morgan fingerprint density at radius 3 is 2.32 bits per heavy atom. The molecular formula is C31H51ClO2. The van der Waals surface area contributed by atoms with Crippen molar-refractivity contribution in [1.82, 2.24) is 0 Å². The average Bonchev–Trinajstić information content (AvgIpc) is 2.96. The molecule has 3 saturated carbocycles. The number of ketones is 1. The second kappa shape index (κ2) is 8.08. The van der Waals surface area contributed by atoms with Gasteiger partial charge in [-0.1, -0.05) is 60.1 Å². The third-order valence-electron chi connectivity index (χ3n) is 13.0. The molecule has 3 fully saturated rings. The number of aliphatic hydroxyl groups is 1. The summed E-state index contributed by atoms with van der Waals surface area (Å²) >= 11 is 6.42. The molecule has 0 radical (unpaired) electrons. The predicted molar refractivity (Wildman–Crippen MR) is 143 cm³/mol. The van der Waals surface area contributed by atoms with Crippen molar-refractivity contribution in [3.63, 3.8) is 0 Å². The first kappa shape index (κ1) is 26.7. The molecule has 0 aromatic carbocycles. The van der Waals surface area contributed by atoms with Gasteiger partial charge in [0.15, 0.2) is 0 Å². The second-order valence-electron chi connectivity index (χ2n) is 14.8. The Morgan fingerprint density at radius 1 is 1.06 bits per heavy atom. The lowest BCUT2D eigenvalue weighted by Crippen LogP contribution is -2.58. The van der Waals surface area contributed by atoms with Crippen molar-refractivity contribution in [2.75, 3.05) is 0 Å². The maximum atomic E-state index is 12.9. The minimum absolute atomic E-state index is 0.202. The van der Waals surface area contributed by atoms with Crippen molar-refractivity contribution >= 4 is 17.4 Å². The molecule has 3 heteroatoms. The van der Waals surface area contributed by atoms with Crippen LogP contribution in [0.1, 0.15) is 120 Å². The third-order valence-corrected chi connectivity index (χ3v) is 13.2. The number of hydrogen-bond donors (Lipinski definition) is 1. The van der Waals surface area contributed by atoms with Crippen LogP contribution >= 0.6 is 11.6 Å². The van der Waals surface area contributed by atoms with Crippen LogP contribution < -0.4 is 0 Å². The van der Waals surface area contributed by atoms with Crippen molar-refractivity contribution in [2.45, 2.75) is 131 Å². The van der Waals surface area contributed by atoms with Gasteiger partial charge in [0.25, 0.3) is 0 Å². The van der Waals surface area contributed by atoms with Gasteiger partial charge in [0.1, 0.15) is 5.78 Å². The normalized spacial score (nSPS) is 45.6. The number of hydrogen-bond acceptors (Lipinski definition) is 2. The number of carbonyl (C=O) groups is 1. The average molecular weight is 491 g/mol. The van der Waals surface area contributed by atoms with E-state index in [4.69, 9.17) is 11.6 Å². The minimum Gasteiger partial charge on any atom is -0.391 e. The first-order valence-corrected chi connectivity index (χ1v) is 14.4. The van der Waals surface area contributed by atoms with Gasteiger partial charge in [-0.25, -0.2) is 0 Å². The van der Waals surface area contributed by atoms with Crippen molar-refractivity contribution in [3.05, 3.63) is 11.6 Å². The summed E-state index contributed by atoms with van der Waals surface area (Å²) < 4.78 is 0. The molecule has 194 valence electrons. The van der Waals surface area contributed by atoms with E-state index in [9.17, 15) is 9.90 Å². The summed E-state index contributed by atoms with van der Waals surface area (Å²) in [6, 6.07) is 0. The quantitative estimate of drug-likeness (QED) is 0.310. The van der Waals surface area contributed by atoms with Gasteiger partial charge in [-0.3, -0.25) is 4.79 Å². The number of carbonyl (C=O) groups excluding carboxylic acids is 1. The van der Waals surface area contributed by atoms with Crippen LogP contribution in [-0.2, 0) is 4.79 Å². The van der Waals surface area contributed by atoms with Gasteiger partial charge in [-0.2, -0.15) is 0 Å². The number of halogens is 1. The van der Waals surface area contributed by atoms with Crippen LogP contribution in [0, 0.1) is 44.8 Å². The Bertz CT molecular complexity index is 867. The second-order valence-corrected chi connectivity index (χ2v) is 15.8. The van der Waals surface area contributed by atoms with Gasteiger partial charge >= 0.3 is 0 Å². The highest BCUT2D eigenvalue weighted by atomic mass is 35.5. The highest BCUT2D eigenvalue weighted by molar-refractivity contribution is 6.23. The Labute approximate surface area is 214 Å². The number of aliphatic hydroxyl groups excluding tert-OH is 1. The number of alkyl halides is 1. The summed E-state index contributed by atoms with van der Waals surface area (Å²) in [5, 5.41) is 10.6. The SMILES string of the molecule is C[C@@H](CC[C@H](O)C(C)(C)Cl)[C@]1(C)CC[C@@]2(C)C3=CC[C@H]4C(C)(C)C(=O)CC[C@]4(C)[C@H]3CC[C@@]21C. The van der Waals surface area contributed by atoms with Gasteiger partial charge < -0.3 is 5.11 Å². The Balaban J connectivity index is 1.64. The summed E-state index contributed by atoms with van der Waals surface area (Å²) in [6.45, 7) is 21.0. The summed E-state index contributed by atoms with van der Waals surface area (Å²) in [7, 11) is 0. The molecule has 4 aliphatic rings. The topological polar surface area (TPSA) is 37.3 Å². The first-order valence-electron chi connectivity index (χ1n) is 14.1. The monoisotopic (exact) mass is 490 g/mol. The number of Topliss-reactive ketones (excluding diaryl/α,β-unsaturated/α-hetero) is 1. The molecule has 0 spiro atoms. The highest BCUT2D eigenvalue weighted by Crippen LogP contribution is 2.76. The molecule has 8 atom stereocenters. The van der Waals surface area contributed by atoms with Crippen LogP contribution in [0.5, 0.6) is 0 Å². The smallest absolute Gasteiger partial charge is 0.138 e. The van der Waals surface area contributed by atoms with Crippen LogP contribution in [-0.4, -0.2) is 21.9 Å². The van der Waals surface area contributed by atoms with E-state index in [2.05, 4.69) is 54.5 Å². The molecule has 0 unspecified atom stereocenters. The van der Waals surface area contributed by atoms with E-state index in [0.717, 1.165) is 32.1 Å². The van der Waals surface area contributed by atoms with E-state index >= 15 is 0 Å². The number of rotatable bonds is 5. The molecule has 0 aromatic rings. The van der Waals surface area contributed by atoms with E-state index in [1.807, 2.05) is 13.8 Å². The van der Waals surface area contributed by atoms with Gasteiger partial charge in [0.2, 0.25) is 0 Å². The summed E-state index contributed by atoms with van der Waals surface area (Å²) in [4.78, 5) is 12.3. The van der Waals surface area contributed by atoms with Crippen molar-refractivity contribution in [3.8, 4) is 0 Å². The minimum atomic E-state index is -0.569. The highest BCUT2D eigenvalue weighted by Gasteiger charge is 2.68. The Kier molecular flexibility index (Phi) is 6.35. The standard InChI is InChI=1S/C31H51ClO2/c1-20(10-13-25(34)27(4,5)32)29(7)18-19-30(8)22-11-12-23-26(2,3)24(33)15-16-28(23,6)21(22)14-17-31(29,30)9/h11,20-21,23,25,34H,10,12-19H2,1-9H3/t20-,21-,23-,25-,28+,29-,30-,31+/m0/s1. The zero-order valence-corrected chi connectivity index (χ0v) is 24.2. The zero-order chi connectivity index (χ0) is 25.5. The number of allylic oxidation sites excluding steroid dienone is 2. The van der Waals surface area contributed by atoms with Gasteiger partial charge in [-0.15, -0.1) is 11.6 Å². The third kappa shape index (κ3) is 3.47. The van der Waals surface area contributed by atoms with E-state index in [0.29, 0.717) is 23.5 Å². The largest absolute Gasteiger partial charge is 0.391 e. The maximum Gasteiger partial charge on any atom is 0.138 e. The summed E-state index contributed by atoms with van der Waals surface area (Å²) in [5.74, 6) is 2.11. The molecule has 4 rings (SSSR count). The molecule has 0 saturated heterocycles. The first-order chi connectivity index (χ1) is 15.4. The molecular weight excluding hydrogens is 440 g/mol. The molecule has 0 bridgehead atoms. The molecule has 4 aliphatic carbocycles. The summed E-state index contributed by atoms with van der Waals surface area (Å²) in [5.41, 5.74) is 2.51. The maximum absolute atomic E-state index is 12.9. The Morgan fingerprint density at radius 2 is 1.71 bits per heavy atom. The van der Waals surface area contributed by atoms with Crippen molar-refractivity contribution in [1.29, 1.82) is 0 Å². The van der Waals surface area contributed by atoms with Crippen molar-refractivity contribution in [2.24, 2.45) is 44.8 Å². The Hall–Kier alpha value is -0.340. The van der Waals surface area contributed by atoms with Crippen LogP contribution in [0.25, 0.3) is 0 Å². The van der Waals surface area contributed by atoms with Crippen LogP contribution in [0.15, 0.2) is 11.6 Å². The summed E-state index contributed by atoms with van der Waals surface area (Å²) in [6.07, 6.45) is 11.9. The number of fused-ring (bicyclic) bond motifs is 5. The lowest BCUT2D eigenvalue weighted by molar-refractivity contribution is -0.147. The fourth-order valence-corrected chi connectivity index (χ4v) is 9.83. The molecule has 0 aromatic heterocycles. The van der Waals surface area contributed by atoms with E-state index in [-0.39, 0.29) is 27.1 Å². The van der Waals surface area contributed by atoms with Gasteiger partial charge in [0.05, 0.1) is 11.0 Å². The van der Waals surface area contributed by atoms with E-state index < -0.39 is 11.0 Å². The predicted octanol–water partition coefficient (Wildman–Crippen LogP) is 8.35. The van der Waals surface area contributed by atoms with Crippen molar-refractivity contribution < 1.29 is 9.90 Å². The molecule has 1 N–H and O–H groups in total. The molecule has 34 heavy (non-hydrogen) atoms. The van der Waals surface area contributed by atoms with E-state index in [1.54, 1.807) is 5.57 Å². The lowest BCUT2D eigenvalue weighted by Gasteiger charge is -2.64.